The number of anilines is 1. The van der Waals surface area contributed by atoms with Crippen molar-refractivity contribution in [2.24, 2.45) is 0 Å². The third-order valence-corrected chi connectivity index (χ3v) is 3.86. The first-order chi connectivity index (χ1) is 11.5. The van der Waals surface area contributed by atoms with E-state index in [-0.39, 0.29) is 6.03 Å². The number of aryl methyl sites for hydroxylation is 1. The monoisotopic (exact) mass is 346 g/mol. The first-order valence-corrected chi connectivity index (χ1v) is 8.38. The first-order valence-electron chi connectivity index (χ1n) is 8.00. The zero-order valence-electron chi connectivity index (χ0n) is 14.2. The molecular formula is C19H23ClN2O2. The van der Waals surface area contributed by atoms with Crippen molar-refractivity contribution < 1.29 is 9.53 Å². The van der Waals surface area contributed by atoms with Crippen molar-refractivity contribution in [3.05, 3.63) is 58.6 Å². The highest BCUT2D eigenvalue weighted by atomic mass is 35.5. The molecule has 0 aliphatic carbocycles. The smallest absolute Gasteiger partial charge is 0.319 e. The standard InChI is InChI=1S/C19H23ClN2O2/c1-13(2)16-6-4-5-7-18(16)24-11-10-21-19(23)22-17-9-8-15(20)12-14(17)3/h4-9,12-13H,10-11H2,1-3H3,(H2,21,22,23). The number of ether oxygens (including phenoxy) is 1. The molecule has 0 atom stereocenters. The highest BCUT2D eigenvalue weighted by molar-refractivity contribution is 6.30. The van der Waals surface area contributed by atoms with Gasteiger partial charge in [-0.15, -0.1) is 0 Å². The predicted octanol–water partition coefficient (Wildman–Crippen LogP) is 4.97. The van der Waals surface area contributed by atoms with Crippen molar-refractivity contribution in [2.75, 3.05) is 18.5 Å². The van der Waals surface area contributed by atoms with E-state index in [0.717, 1.165) is 17.0 Å². The fourth-order valence-electron chi connectivity index (χ4n) is 2.35. The largest absolute Gasteiger partial charge is 0.491 e. The normalized spacial score (nSPS) is 10.5. The Morgan fingerprint density at radius 1 is 1.21 bits per heavy atom. The van der Waals surface area contributed by atoms with E-state index >= 15 is 0 Å². The Balaban J connectivity index is 1.79. The van der Waals surface area contributed by atoms with Gasteiger partial charge in [0.05, 0.1) is 6.54 Å². The lowest BCUT2D eigenvalue weighted by Gasteiger charge is -2.14. The summed E-state index contributed by atoms with van der Waals surface area (Å²) in [6, 6.07) is 13.0. The van der Waals surface area contributed by atoms with Crippen LogP contribution in [0.4, 0.5) is 10.5 Å². The Kier molecular flexibility index (Phi) is 6.50. The Bertz CT molecular complexity index is 702. The summed E-state index contributed by atoms with van der Waals surface area (Å²) in [5, 5.41) is 6.23. The van der Waals surface area contributed by atoms with Crippen LogP contribution < -0.4 is 15.4 Å². The van der Waals surface area contributed by atoms with E-state index in [1.54, 1.807) is 12.1 Å². The second-order valence-electron chi connectivity index (χ2n) is 5.88. The van der Waals surface area contributed by atoms with Gasteiger partial charge in [-0.05, 0) is 48.2 Å². The minimum Gasteiger partial charge on any atom is -0.491 e. The molecule has 2 N–H and O–H groups in total. The minimum absolute atomic E-state index is 0.263. The van der Waals surface area contributed by atoms with E-state index in [9.17, 15) is 4.79 Å². The lowest BCUT2D eigenvalue weighted by Crippen LogP contribution is -2.32. The zero-order chi connectivity index (χ0) is 17.5. The number of amides is 2. The molecule has 0 spiro atoms. The molecule has 2 amide bonds. The molecule has 2 aromatic rings. The second kappa shape index (κ2) is 8.60. The average Bonchev–Trinajstić information content (AvgIpc) is 2.54. The molecule has 128 valence electrons. The van der Waals surface area contributed by atoms with Crippen molar-refractivity contribution >= 4 is 23.3 Å². The summed E-state index contributed by atoms with van der Waals surface area (Å²) in [6.07, 6.45) is 0. The van der Waals surface area contributed by atoms with E-state index < -0.39 is 0 Å². The molecule has 0 radical (unpaired) electrons. The molecule has 24 heavy (non-hydrogen) atoms. The van der Waals surface area contributed by atoms with Gasteiger partial charge in [0.15, 0.2) is 0 Å². The average molecular weight is 347 g/mol. The lowest BCUT2D eigenvalue weighted by molar-refractivity contribution is 0.247. The molecule has 0 heterocycles. The van der Waals surface area contributed by atoms with Crippen LogP contribution in [0.25, 0.3) is 0 Å². The number of halogens is 1. The molecule has 0 bridgehead atoms. The van der Waals surface area contributed by atoms with Gasteiger partial charge in [0.2, 0.25) is 0 Å². The lowest BCUT2D eigenvalue weighted by atomic mass is 10.0. The van der Waals surface area contributed by atoms with Crippen LogP contribution in [0.2, 0.25) is 5.02 Å². The van der Waals surface area contributed by atoms with Crippen LogP contribution in [0.15, 0.2) is 42.5 Å². The van der Waals surface area contributed by atoms with Crippen molar-refractivity contribution in [1.82, 2.24) is 5.32 Å². The maximum absolute atomic E-state index is 11.9. The summed E-state index contributed by atoms with van der Waals surface area (Å²) in [7, 11) is 0. The van der Waals surface area contributed by atoms with Gasteiger partial charge in [-0.2, -0.15) is 0 Å². The number of carbonyl (C=O) groups excluding carboxylic acids is 1. The highest BCUT2D eigenvalue weighted by Crippen LogP contribution is 2.25. The number of benzene rings is 2. The molecule has 5 heteroatoms. The molecule has 2 rings (SSSR count). The summed E-state index contributed by atoms with van der Waals surface area (Å²) in [5.41, 5.74) is 2.82. The fraction of sp³-hybridized carbons (Fsp3) is 0.316. The van der Waals surface area contributed by atoms with Gasteiger partial charge in [-0.1, -0.05) is 43.6 Å². The van der Waals surface area contributed by atoms with Crippen LogP contribution in [0, 0.1) is 6.92 Å². The van der Waals surface area contributed by atoms with Crippen LogP contribution in [0.5, 0.6) is 5.75 Å². The van der Waals surface area contributed by atoms with Gasteiger partial charge < -0.3 is 15.4 Å². The number of para-hydroxylation sites is 1. The Hall–Kier alpha value is -2.20. The molecule has 0 saturated heterocycles. The number of rotatable bonds is 6. The van der Waals surface area contributed by atoms with Crippen molar-refractivity contribution in [2.45, 2.75) is 26.7 Å². The summed E-state index contributed by atoms with van der Waals surface area (Å²) >= 11 is 5.90. The second-order valence-corrected chi connectivity index (χ2v) is 6.32. The number of urea groups is 1. The Morgan fingerprint density at radius 2 is 1.96 bits per heavy atom. The van der Waals surface area contributed by atoms with Crippen LogP contribution in [-0.2, 0) is 0 Å². The molecule has 0 unspecified atom stereocenters. The number of nitrogens with one attached hydrogen (secondary N) is 2. The molecule has 0 fully saturated rings. The number of hydrogen-bond acceptors (Lipinski definition) is 2. The molecule has 2 aromatic carbocycles. The van der Waals surface area contributed by atoms with Crippen LogP contribution in [0.1, 0.15) is 30.9 Å². The van der Waals surface area contributed by atoms with Gasteiger partial charge >= 0.3 is 6.03 Å². The first kappa shape index (κ1) is 18.1. The Morgan fingerprint density at radius 3 is 2.67 bits per heavy atom. The van der Waals surface area contributed by atoms with Crippen molar-refractivity contribution in [3.63, 3.8) is 0 Å². The van der Waals surface area contributed by atoms with Gasteiger partial charge in [0.25, 0.3) is 0 Å². The minimum atomic E-state index is -0.263. The maximum atomic E-state index is 11.9. The predicted molar refractivity (Wildman–Crippen MR) is 99.2 cm³/mol. The Labute approximate surface area is 148 Å². The molecule has 4 nitrogen and oxygen atoms in total. The van der Waals surface area contributed by atoms with E-state index in [0.29, 0.717) is 24.1 Å². The van der Waals surface area contributed by atoms with Crippen LogP contribution >= 0.6 is 11.6 Å². The zero-order valence-corrected chi connectivity index (χ0v) is 15.0. The van der Waals surface area contributed by atoms with Gasteiger partial charge in [0, 0.05) is 10.7 Å². The molecule has 0 aromatic heterocycles. The number of carbonyl (C=O) groups is 1. The third kappa shape index (κ3) is 5.17. The van der Waals surface area contributed by atoms with E-state index in [1.807, 2.05) is 31.2 Å². The molecule has 0 aliphatic heterocycles. The fourth-order valence-corrected chi connectivity index (χ4v) is 2.57. The molecular weight excluding hydrogens is 324 g/mol. The maximum Gasteiger partial charge on any atom is 0.319 e. The van der Waals surface area contributed by atoms with Crippen molar-refractivity contribution in [3.8, 4) is 5.75 Å². The quantitative estimate of drug-likeness (QED) is 0.725. The summed E-state index contributed by atoms with van der Waals surface area (Å²) in [4.78, 5) is 11.9. The van der Waals surface area contributed by atoms with E-state index in [1.165, 1.54) is 5.56 Å². The van der Waals surface area contributed by atoms with Crippen molar-refractivity contribution in [1.29, 1.82) is 0 Å². The number of hydrogen-bond donors (Lipinski definition) is 2. The topological polar surface area (TPSA) is 50.4 Å². The SMILES string of the molecule is Cc1cc(Cl)ccc1NC(=O)NCCOc1ccccc1C(C)C. The third-order valence-electron chi connectivity index (χ3n) is 3.62. The molecule has 0 saturated carbocycles. The molecule has 0 aliphatic rings. The highest BCUT2D eigenvalue weighted by Gasteiger charge is 2.07. The summed E-state index contributed by atoms with van der Waals surface area (Å²) in [5.74, 6) is 1.26. The van der Waals surface area contributed by atoms with Gasteiger partial charge in [-0.3, -0.25) is 0 Å². The van der Waals surface area contributed by atoms with Crippen LogP contribution in [-0.4, -0.2) is 19.2 Å². The van der Waals surface area contributed by atoms with E-state index in [4.69, 9.17) is 16.3 Å². The summed E-state index contributed by atoms with van der Waals surface area (Å²) in [6.45, 7) is 6.99. The van der Waals surface area contributed by atoms with E-state index in [2.05, 4.69) is 30.5 Å². The summed E-state index contributed by atoms with van der Waals surface area (Å²) < 4.78 is 5.78. The van der Waals surface area contributed by atoms with Gasteiger partial charge in [0.1, 0.15) is 12.4 Å². The van der Waals surface area contributed by atoms with Crippen LogP contribution in [0.3, 0.4) is 0 Å². The van der Waals surface area contributed by atoms with Gasteiger partial charge in [-0.25, -0.2) is 4.79 Å².